The Morgan fingerprint density at radius 1 is 1.10 bits per heavy atom. The Hall–Kier alpha value is -2.59. The number of rotatable bonds is 4. The van der Waals surface area contributed by atoms with Gasteiger partial charge in [-0.2, -0.15) is 17.5 Å². The molecule has 0 spiro atoms. The van der Waals surface area contributed by atoms with E-state index in [0.717, 1.165) is 6.26 Å². The largest absolute Gasteiger partial charge is 0.412 e. The van der Waals surface area contributed by atoms with Crippen LogP contribution in [-0.4, -0.2) is 37.7 Å². The molecule has 1 aliphatic heterocycles. The number of alkyl halides is 3. The van der Waals surface area contributed by atoms with E-state index in [9.17, 15) is 26.4 Å². The van der Waals surface area contributed by atoms with Gasteiger partial charge in [0.15, 0.2) is 6.04 Å². The number of hydrogen-bond donors (Lipinski definition) is 2. The number of nitrogens with zero attached hydrogens (tertiary/aromatic N) is 1. The van der Waals surface area contributed by atoms with Gasteiger partial charge in [-0.3, -0.25) is 0 Å². The first-order valence-corrected chi connectivity index (χ1v) is 10.7. The monoisotopic (exact) mass is 427 g/mol. The minimum Gasteiger partial charge on any atom is -0.322 e. The zero-order valence-corrected chi connectivity index (χ0v) is 16.3. The molecule has 29 heavy (non-hydrogen) atoms. The average molecular weight is 427 g/mol. The van der Waals surface area contributed by atoms with Gasteiger partial charge < -0.3 is 10.6 Å². The Bertz CT molecular complexity index is 995. The molecule has 0 saturated carbocycles. The average Bonchev–Trinajstić information content (AvgIpc) is 2.65. The van der Waals surface area contributed by atoms with Gasteiger partial charge in [0.2, 0.25) is 10.0 Å². The highest BCUT2D eigenvalue weighted by Gasteiger charge is 2.42. The van der Waals surface area contributed by atoms with E-state index in [1.807, 2.05) is 5.32 Å². The molecular formula is C19H20F3N3O3S. The van der Waals surface area contributed by atoms with Crippen molar-refractivity contribution in [3.63, 3.8) is 0 Å². The van der Waals surface area contributed by atoms with E-state index in [1.54, 1.807) is 24.3 Å². The highest BCUT2D eigenvalue weighted by atomic mass is 32.2. The fourth-order valence-corrected chi connectivity index (χ4v) is 4.07. The molecule has 3 rings (SSSR count). The summed E-state index contributed by atoms with van der Waals surface area (Å²) in [7, 11) is -3.36. The number of anilines is 1. The Kier molecular flexibility index (Phi) is 5.85. The van der Waals surface area contributed by atoms with E-state index < -0.39 is 28.3 Å². The molecule has 1 heterocycles. The Morgan fingerprint density at radius 2 is 1.79 bits per heavy atom. The summed E-state index contributed by atoms with van der Waals surface area (Å²) in [5.41, 5.74) is 1.71. The van der Waals surface area contributed by atoms with Crippen LogP contribution in [0, 0.1) is 0 Å². The van der Waals surface area contributed by atoms with Crippen molar-refractivity contribution in [1.82, 2.24) is 9.62 Å². The summed E-state index contributed by atoms with van der Waals surface area (Å²) in [6.07, 6.45) is -3.20. The van der Waals surface area contributed by atoms with Crippen LogP contribution in [0.3, 0.4) is 0 Å². The molecule has 0 fully saturated rings. The minimum atomic E-state index is -4.66. The van der Waals surface area contributed by atoms with Gasteiger partial charge in [0.25, 0.3) is 0 Å². The Balaban J connectivity index is 1.78. The fraction of sp³-hybridized carbons (Fsp3) is 0.316. The highest BCUT2D eigenvalue weighted by Crippen LogP contribution is 2.33. The van der Waals surface area contributed by atoms with Crippen LogP contribution in [0.25, 0.3) is 0 Å². The van der Waals surface area contributed by atoms with Crippen LogP contribution in [0.2, 0.25) is 0 Å². The molecule has 156 valence electrons. The molecule has 0 radical (unpaired) electrons. The minimum absolute atomic E-state index is 0.0750. The maximum Gasteiger partial charge on any atom is 0.412 e. The lowest BCUT2D eigenvalue weighted by molar-refractivity contribution is -0.154. The zero-order valence-electron chi connectivity index (χ0n) is 15.5. The van der Waals surface area contributed by atoms with Gasteiger partial charge in [0, 0.05) is 18.8 Å². The first-order chi connectivity index (χ1) is 13.6. The predicted molar refractivity (Wildman–Crippen MR) is 103 cm³/mol. The molecular weight excluding hydrogens is 407 g/mol. The molecule has 1 atom stereocenters. The van der Waals surface area contributed by atoms with E-state index in [-0.39, 0.29) is 18.7 Å². The topological polar surface area (TPSA) is 78.5 Å². The summed E-state index contributed by atoms with van der Waals surface area (Å²) in [6.45, 7) is 0.391. The van der Waals surface area contributed by atoms with Crippen molar-refractivity contribution in [2.45, 2.75) is 25.2 Å². The second-order valence-corrected chi connectivity index (χ2v) is 8.76. The van der Waals surface area contributed by atoms with Gasteiger partial charge in [0.1, 0.15) is 0 Å². The van der Waals surface area contributed by atoms with Gasteiger partial charge >= 0.3 is 12.2 Å². The van der Waals surface area contributed by atoms with Crippen LogP contribution in [0.4, 0.5) is 23.7 Å². The third-order valence-corrected chi connectivity index (χ3v) is 5.93. The van der Waals surface area contributed by atoms with Crippen molar-refractivity contribution in [3.05, 3.63) is 65.2 Å². The molecule has 2 aromatic carbocycles. The zero-order chi connectivity index (χ0) is 21.2. The quantitative estimate of drug-likeness (QED) is 0.785. The molecule has 0 bridgehead atoms. The maximum atomic E-state index is 13.4. The van der Waals surface area contributed by atoms with Crippen LogP contribution in [0.15, 0.2) is 48.5 Å². The van der Waals surface area contributed by atoms with Crippen LogP contribution < -0.4 is 10.6 Å². The summed E-state index contributed by atoms with van der Waals surface area (Å²) in [5, 5.41) is 4.46. The van der Waals surface area contributed by atoms with Crippen molar-refractivity contribution >= 4 is 21.7 Å². The maximum absolute atomic E-state index is 13.4. The molecule has 6 nitrogen and oxygen atoms in total. The number of nitrogens with one attached hydrogen (secondary N) is 2. The van der Waals surface area contributed by atoms with Crippen molar-refractivity contribution < 1.29 is 26.4 Å². The fourth-order valence-electron chi connectivity index (χ4n) is 3.27. The number of amides is 2. The standard InChI is InChI=1S/C19H20F3N3O3S/c1-29(27,28)25-11-10-15-14(12-25)8-5-9-16(15)23-18(26)24-17(19(20,21)22)13-6-3-2-4-7-13/h2-9,17H,10-12H2,1H3,(H2,23,24,26). The predicted octanol–water partition coefficient (Wildman–Crippen LogP) is 3.43. The lowest BCUT2D eigenvalue weighted by Gasteiger charge is -2.28. The number of urea groups is 1. The molecule has 1 unspecified atom stereocenters. The van der Waals surface area contributed by atoms with Gasteiger partial charge in [-0.25, -0.2) is 13.2 Å². The number of sulfonamides is 1. The molecule has 0 aromatic heterocycles. The van der Waals surface area contributed by atoms with E-state index in [2.05, 4.69) is 5.32 Å². The summed E-state index contributed by atoms with van der Waals surface area (Å²) >= 11 is 0. The second kappa shape index (κ2) is 8.03. The Labute approximate surface area is 166 Å². The van der Waals surface area contributed by atoms with Gasteiger partial charge in [-0.15, -0.1) is 0 Å². The third-order valence-electron chi connectivity index (χ3n) is 4.68. The highest BCUT2D eigenvalue weighted by molar-refractivity contribution is 7.88. The second-order valence-electron chi connectivity index (χ2n) is 6.77. The number of fused-ring (bicyclic) bond motifs is 1. The molecule has 2 amide bonds. The van der Waals surface area contributed by atoms with Gasteiger partial charge in [-0.1, -0.05) is 42.5 Å². The first kappa shape index (κ1) is 21.1. The van der Waals surface area contributed by atoms with Crippen molar-refractivity contribution in [2.75, 3.05) is 18.1 Å². The number of halogens is 3. The summed E-state index contributed by atoms with van der Waals surface area (Å²) in [4.78, 5) is 12.3. The number of carbonyl (C=O) groups excluding carboxylic acids is 1. The van der Waals surface area contributed by atoms with Crippen molar-refractivity contribution in [2.24, 2.45) is 0 Å². The van der Waals surface area contributed by atoms with E-state index in [1.165, 1.54) is 28.6 Å². The normalized spacial score (nSPS) is 16.0. The molecule has 0 aliphatic carbocycles. The van der Waals surface area contributed by atoms with E-state index in [0.29, 0.717) is 23.2 Å². The summed E-state index contributed by atoms with van der Waals surface area (Å²) in [5.74, 6) is 0. The summed E-state index contributed by atoms with van der Waals surface area (Å²) < 4.78 is 65.1. The molecule has 10 heteroatoms. The van der Waals surface area contributed by atoms with E-state index in [4.69, 9.17) is 0 Å². The van der Waals surface area contributed by atoms with Crippen LogP contribution >= 0.6 is 0 Å². The molecule has 2 aromatic rings. The SMILES string of the molecule is CS(=O)(=O)N1CCc2c(cccc2NC(=O)NC(c2ccccc2)C(F)(F)F)C1. The van der Waals surface area contributed by atoms with Crippen molar-refractivity contribution in [1.29, 1.82) is 0 Å². The van der Waals surface area contributed by atoms with Crippen LogP contribution in [0.5, 0.6) is 0 Å². The number of carbonyl (C=O) groups is 1. The van der Waals surface area contributed by atoms with Crippen LogP contribution in [-0.2, 0) is 23.0 Å². The number of hydrogen-bond acceptors (Lipinski definition) is 3. The molecule has 1 aliphatic rings. The lowest BCUT2D eigenvalue weighted by atomic mass is 9.99. The number of benzene rings is 2. The molecule has 0 saturated heterocycles. The van der Waals surface area contributed by atoms with Gasteiger partial charge in [-0.05, 0) is 29.2 Å². The Morgan fingerprint density at radius 3 is 2.41 bits per heavy atom. The van der Waals surface area contributed by atoms with E-state index >= 15 is 0 Å². The molecule has 2 N–H and O–H groups in total. The third kappa shape index (κ3) is 5.07. The van der Waals surface area contributed by atoms with Crippen molar-refractivity contribution in [3.8, 4) is 0 Å². The van der Waals surface area contributed by atoms with Gasteiger partial charge in [0.05, 0.1) is 6.26 Å². The summed E-state index contributed by atoms with van der Waals surface area (Å²) in [6, 6.07) is 8.91. The smallest absolute Gasteiger partial charge is 0.322 e. The van der Waals surface area contributed by atoms with Crippen LogP contribution in [0.1, 0.15) is 22.7 Å². The lowest BCUT2D eigenvalue weighted by Crippen LogP contribution is -2.41. The first-order valence-electron chi connectivity index (χ1n) is 8.81.